The highest BCUT2D eigenvalue weighted by Crippen LogP contribution is 2.23. The molecule has 0 unspecified atom stereocenters. The Morgan fingerprint density at radius 3 is 2.53 bits per heavy atom. The van der Waals surface area contributed by atoms with E-state index in [1.165, 1.54) is 29.3 Å². The minimum absolute atomic E-state index is 0.0347. The summed E-state index contributed by atoms with van der Waals surface area (Å²) in [5.41, 5.74) is 2.90. The SMILES string of the molecule is O=C(COC(=O)CCC(=O)c1ccc2c(c1)CCC2)NC(=O)Nc1ccccc1F. The molecule has 156 valence electrons. The molecule has 0 atom stereocenters. The van der Waals surface area contributed by atoms with E-state index in [1.807, 2.05) is 17.4 Å². The number of hydrogen-bond acceptors (Lipinski definition) is 5. The summed E-state index contributed by atoms with van der Waals surface area (Å²) < 4.78 is 18.2. The summed E-state index contributed by atoms with van der Waals surface area (Å²) in [6.45, 7) is -0.684. The van der Waals surface area contributed by atoms with E-state index in [9.17, 15) is 23.6 Å². The van der Waals surface area contributed by atoms with Crippen molar-refractivity contribution in [2.75, 3.05) is 11.9 Å². The Bertz CT molecular complexity index is 989. The second kappa shape index (κ2) is 9.78. The number of aryl methyl sites for hydroxylation is 2. The quantitative estimate of drug-likeness (QED) is 0.537. The second-order valence-corrected chi connectivity index (χ2v) is 6.90. The molecule has 2 N–H and O–H groups in total. The smallest absolute Gasteiger partial charge is 0.326 e. The van der Waals surface area contributed by atoms with Crippen molar-refractivity contribution >= 4 is 29.4 Å². The van der Waals surface area contributed by atoms with Gasteiger partial charge in [0, 0.05) is 12.0 Å². The molecule has 0 saturated heterocycles. The van der Waals surface area contributed by atoms with Gasteiger partial charge in [0.25, 0.3) is 5.91 Å². The zero-order valence-electron chi connectivity index (χ0n) is 16.2. The van der Waals surface area contributed by atoms with Crippen LogP contribution in [0.15, 0.2) is 42.5 Å². The number of imide groups is 1. The number of anilines is 1. The van der Waals surface area contributed by atoms with Gasteiger partial charge in [-0.1, -0.05) is 24.3 Å². The first-order valence-corrected chi connectivity index (χ1v) is 9.58. The number of nitrogens with one attached hydrogen (secondary N) is 2. The summed E-state index contributed by atoms with van der Waals surface area (Å²) in [7, 11) is 0. The Labute approximate surface area is 172 Å². The molecule has 2 aromatic carbocycles. The van der Waals surface area contributed by atoms with E-state index in [2.05, 4.69) is 5.32 Å². The third-order valence-corrected chi connectivity index (χ3v) is 4.72. The lowest BCUT2D eigenvalue weighted by molar-refractivity contribution is -0.148. The maximum atomic E-state index is 13.5. The van der Waals surface area contributed by atoms with E-state index in [4.69, 9.17) is 4.74 Å². The number of halogens is 1. The minimum Gasteiger partial charge on any atom is -0.456 e. The van der Waals surface area contributed by atoms with Gasteiger partial charge in [0.2, 0.25) is 0 Å². The van der Waals surface area contributed by atoms with Crippen LogP contribution in [-0.4, -0.2) is 30.3 Å². The van der Waals surface area contributed by atoms with E-state index < -0.39 is 30.3 Å². The van der Waals surface area contributed by atoms with Crippen LogP contribution in [0, 0.1) is 5.82 Å². The van der Waals surface area contributed by atoms with Gasteiger partial charge in [-0.2, -0.15) is 0 Å². The molecule has 1 aliphatic rings. The molecular formula is C22H21FN2O5. The molecule has 2 aromatic rings. The number of urea groups is 1. The number of hydrogen-bond donors (Lipinski definition) is 2. The number of ether oxygens (including phenoxy) is 1. The number of ketones is 1. The number of benzene rings is 2. The highest BCUT2D eigenvalue weighted by Gasteiger charge is 2.16. The molecule has 0 aromatic heterocycles. The lowest BCUT2D eigenvalue weighted by Gasteiger charge is -2.08. The van der Waals surface area contributed by atoms with Crippen LogP contribution in [0.4, 0.5) is 14.9 Å². The third kappa shape index (κ3) is 5.73. The molecular weight excluding hydrogens is 391 g/mol. The van der Waals surface area contributed by atoms with E-state index in [0.717, 1.165) is 25.3 Å². The van der Waals surface area contributed by atoms with Gasteiger partial charge in [0.15, 0.2) is 12.4 Å². The third-order valence-electron chi connectivity index (χ3n) is 4.72. The number of fused-ring (bicyclic) bond motifs is 1. The fraction of sp³-hybridized carbons (Fsp3) is 0.273. The average molecular weight is 412 g/mol. The molecule has 0 fully saturated rings. The van der Waals surface area contributed by atoms with E-state index >= 15 is 0 Å². The first kappa shape index (κ1) is 21.2. The monoisotopic (exact) mass is 412 g/mol. The van der Waals surface area contributed by atoms with Crippen molar-refractivity contribution in [3.05, 3.63) is 65.0 Å². The number of amides is 3. The number of carbonyl (C=O) groups is 4. The van der Waals surface area contributed by atoms with Crippen LogP contribution in [0.3, 0.4) is 0 Å². The van der Waals surface area contributed by atoms with E-state index in [-0.39, 0.29) is 24.3 Å². The first-order chi connectivity index (χ1) is 14.4. The Morgan fingerprint density at radius 1 is 0.967 bits per heavy atom. The van der Waals surface area contributed by atoms with Crippen LogP contribution in [0.2, 0.25) is 0 Å². The Hall–Kier alpha value is -3.55. The van der Waals surface area contributed by atoms with Gasteiger partial charge in [-0.25, -0.2) is 9.18 Å². The topological polar surface area (TPSA) is 102 Å². The molecule has 0 heterocycles. The predicted molar refractivity (Wildman–Crippen MR) is 107 cm³/mol. The van der Waals surface area contributed by atoms with Crippen LogP contribution >= 0.6 is 0 Å². The maximum absolute atomic E-state index is 13.5. The lowest BCUT2D eigenvalue weighted by atomic mass is 10.0. The summed E-state index contributed by atoms with van der Waals surface area (Å²) in [5.74, 6) is -2.42. The van der Waals surface area contributed by atoms with Crippen LogP contribution in [-0.2, 0) is 27.2 Å². The van der Waals surface area contributed by atoms with Gasteiger partial charge in [-0.05, 0) is 48.6 Å². The van der Waals surface area contributed by atoms with Crippen LogP contribution in [0.1, 0.15) is 40.7 Å². The highest BCUT2D eigenvalue weighted by molar-refractivity contribution is 6.02. The summed E-state index contributed by atoms with van der Waals surface area (Å²) in [5, 5.41) is 4.10. The van der Waals surface area contributed by atoms with Gasteiger partial charge >= 0.3 is 12.0 Å². The molecule has 0 radical (unpaired) electrons. The zero-order valence-corrected chi connectivity index (χ0v) is 16.2. The minimum atomic E-state index is -0.951. The number of esters is 1. The molecule has 0 bridgehead atoms. The summed E-state index contributed by atoms with van der Waals surface area (Å²) in [4.78, 5) is 47.4. The van der Waals surface area contributed by atoms with Gasteiger partial charge in [-0.3, -0.25) is 19.7 Å². The summed E-state index contributed by atoms with van der Waals surface area (Å²) in [6, 6.07) is 10.1. The second-order valence-electron chi connectivity index (χ2n) is 6.90. The first-order valence-electron chi connectivity index (χ1n) is 9.58. The van der Waals surface area contributed by atoms with Crippen molar-refractivity contribution in [3.63, 3.8) is 0 Å². The van der Waals surface area contributed by atoms with Gasteiger partial charge < -0.3 is 10.1 Å². The number of para-hydroxylation sites is 1. The Balaban J connectivity index is 1.37. The number of rotatable bonds is 7. The van der Waals surface area contributed by atoms with Gasteiger partial charge in [-0.15, -0.1) is 0 Å². The fourth-order valence-electron chi connectivity index (χ4n) is 3.20. The lowest BCUT2D eigenvalue weighted by Crippen LogP contribution is -2.37. The molecule has 3 amide bonds. The summed E-state index contributed by atoms with van der Waals surface area (Å²) in [6.07, 6.45) is 2.85. The molecule has 8 heteroatoms. The van der Waals surface area contributed by atoms with Crippen molar-refractivity contribution in [1.82, 2.24) is 5.32 Å². The Kier molecular flexibility index (Phi) is 6.90. The van der Waals surface area contributed by atoms with Crippen LogP contribution in [0.5, 0.6) is 0 Å². The van der Waals surface area contributed by atoms with Crippen molar-refractivity contribution in [1.29, 1.82) is 0 Å². The predicted octanol–water partition coefficient (Wildman–Crippen LogP) is 3.17. The standard InChI is InChI=1S/C22H21FN2O5/c23-17-6-1-2-7-18(17)24-22(29)25-20(27)13-30-21(28)11-10-19(26)16-9-8-14-4-3-5-15(14)12-16/h1-2,6-9,12H,3-5,10-11,13H2,(H2,24,25,27,29). The van der Waals surface area contributed by atoms with Crippen molar-refractivity contribution in [2.24, 2.45) is 0 Å². The fourth-order valence-corrected chi connectivity index (χ4v) is 3.20. The molecule has 0 spiro atoms. The molecule has 0 aliphatic heterocycles. The zero-order chi connectivity index (χ0) is 21.5. The molecule has 0 saturated carbocycles. The van der Waals surface area contributed by atoms with Crippen molar-refractivity contribution in [2.45, 2.75) is 32.1 Å². The largest absolute Gasteiger partial charge is 0.456 e. The van der Waals surface area contributed by atoms with Gasteiger partial charge in [0.05, 0.1) is 12.1 Å². The van der Waals surface area contributed by atoms with E-state index in [0.29, 0.717) is 5.56 Å². The number of Topliss-reactive ketones (excluding diaryl/α,β-unsaturated/α-hetero) is 1. The normalized spacial score (nSPS) is 12.0. The number of carbonyl (C=O) groups excluding carboxylic acids is 4. The summed E-state index contributed by atoms with van der Waals surface area (Å²) >= 11 is 0. The van der Waals surface area contributed by atoms with E-state index in [1.54, 1.807) is 6.07 Å². The van der Waals surface area contributed by atoms with Crippen LogP contribution < -0.4 is 10.6 Å². The van der Waals surface area contributed by atoms with Gasteiger partial charge in [0.1, 0.15) is 5.82 Å². The highest BCUT2D eigenvalue weighted by atomic mass is 19.1. The average Bonchev–Trinajstić information content (AvgIpc) is 3.20. The molecule has 30 heavy (non-hydrogen) atoms. The maximum Gasteiger partial charge on any atom is 0.326 e. The molecule has 1 aliphatic carbocycles. The Morgan fingerprint density at radius 2 is 1.73 bits per heavy atom. The van der Waals surface area contributed by atoms with Crippen molar-refractivity contribution < 1.29 is 28.3 Å². The molecule has 7 nitrogen and oxygen atoms in total. The van der Waals surface area contributed by atoms with Crippen molar-refractivity contribution in [3.8, 4) is 0 Å². The van der Waals surface area contributed by atoms with Crippen LogP contribution in [0.25, 0.3) is 0 Å². The molecule has 3 rings (SSSR count).